The topological polar surface area (TPSA) is 155 Å². The van der Waals surface area contributed by atoms with Gasteiger partial charge in [0.1, 0.15) is 12.7 Å². The van der Waals surface area contributed by atoms with Crippen molar-refractivity contribution in [2.45, 2.75) is 238 Å². The summed E-state index contributed by atoms with van der Waals surface area (Å²) in [5.74, 6) is -1.46. The third-order valence-electron chi connectivity index (χ3n) is 10.2. The number of unbranched alkanes of at least 4 members (excludes halogenated alkanes) is 25. The summed E-state index contributed by atoms with van der Waals surface area (Å²) < 4.78 is 39.1. The fraction of sp³-hybridized carbons (Fsp3) is 0.891. The number of allylic oxidation sites excluding steroid dienone is 2. The Labute approximate surface area is 354 Å². The number of aliphatic hydroxyl groups is 1. The second kappa shape index (κ2) is 41.9. The van der Waals surface area contributed by atoms with Gasteiger partial charge in [0, 0.05) is 19.3 Å². The molecule has 2 N–H and O–H groups in total. The quantitative estimate of drug-likeness (QED) is 0.0198. The Hall–Kier alpha value is -1.78. The fourth-order valence-electron chi connectivity index (χ4n) is 6.51. The number of phosphoric acid groups is 1. The van der Waals surface area contributed by atoms with Crippen LogP contribution < -0.4 is 0 Å². The van der Waals surface area contributed by atoms with Gasteiger partial charge in [-0.1, -0.05) is 181 Å². The first-order chi connectivity index (χ1) is 28.2. The van der Waals surface area contributed by atoms with Gasteiger partial charge in [0.05, 0.1) is 19.8 Å². The van der Waals surface area contributed by atoms with Crippen molar-refractivity contribution >= 4 is 25.7 Å². The molecule has 0 saturated carbocycles. The van der Waals surface area contributed by atoms with Crippen molar-refractivity contribution in [1.82, 2.24) is 0 Å². The maximum Gasteiger partial charge on any atom is 0.472 e. The molecule has 0 bridgehead atoms. The number of ether oxygens (including phenoxy) is 3. The lowest BCUT2D eigenvalue weighted by molar-refractivity contribution is -0.161. The summed E-state index contributed by atoms with van der Waals surface area (Å²) in [6.45, 7) is 4.55. The van der Waals surface area contributed by atoms with E-state index in [4.69, 9.17) is 23.3 Å². The fourth-order valence-corrected chi connectivity index (χ4v) is 7.30. The molecule has 3 unspecified atom stereocenters. The van der Waals surface area contributed by atoms with Crippen molar-refractivity contribution in [2.75, 3.05) is 26.4 Å². The highest BCUT2D eigenvalue weighted by Gasteiger charge is 2.28. The zero-order valence-corrected chi connectivity index (χ0v) is 38.2. The lowest BCUT2D eigenvalue weighted by atomic mass is 10.1. The third-order valence-corrected chi connectivity index (χ3v) is 11.1. The average molecular weight is 847 g/mol. The van der Waals surface area contributed by atoms with E-state index in [9.17, 15) is 28.9 Å². The van der Waals surface area contributed by atoms with Crippen LogP contribution in [0.4, 0.5) is 0 Å². The van der Waals surface area contributed by atoms with Crippen molar-refractivity contribution in [3.63, 3.8) is 0 Å². The Morgan fingerprint density at radius 2 is 0.810 bits per heavy atom. The highest BCUT2D eigenvalue weighted by molar-refractivity contribution is 7.47. The van der Waals surface area contributed by atoms with E-state index in [0.29, 0.717) is 19.3 Å². The Kier molecular flexibility index (Phi) is 40.6. The second-order valence-electron chi connectivity index (χ2n) is 15.9. The molecular weight excluding hydrogens is 759 g/mol. The van der Waals surface area contributed by atoms with Gasteiger partial charge in [-0.25, -0.2) is 4.57 Å². The highest BCUT2D eigenvalue weighted by Crippen LogP contribution is 2.43. The van der Waals surface area contributed by atoms with Crippen LogP contribution in [0.1, 0.15) is 226 Å². The minimum absolute atomic E-state index is 0.163. The number of carbonyl (C=O) groups is 3. The van der Waals surface area contributed by atoms with Crippen molar-refractivity contribution in [2.24, 2.45) is 0 Å². The maximum absolute atomic E-state index is 12.8. The van der Waals surface area contributed by atoms with Crippen LogP contribution in [0.5, 0.6) is 0 Å². The van der Waals surface area contributed by atoms with Crippen molar-refractivity contribution in [1.29, 1.82) is 0 Å². The number of carbonyl (C=O) groups excluding carboxylic acids is 3. The molecule has 0 aliphatic rings. The van der Waals surface area contributed by atoms with Crippen molar-refractivity contribution < 1.29 is 52.2 Å². The van der Waals surface area contributed by atoms with Crippen LogP contribution in [0.15, 0.2) is 12.2 Å². The largest absolute Gasteiger partial charge is 0.472 e. The molecule has 58 heavy (non-hydrogen) atoms. The first-order valence-electron chi connectivity index (χ1n) is 23.6. The molecule has 0 radical (unpaired) electrons. The van der Waals surface area contributed by atoms with E-state index in [1.54, 1.807) is 0 Å². The predicted molar refractivity (Wildman–Crippen MR) is 233 cm³/mol. The first kappa shape index (κ1) is 56.2. The summed E-state index contributed by atoms with van der Waals surface area (Å²) in [4.78, 5) is 47.9. The van der Waals surface area contributed by atoms with Gasteiger partial charge >= 0.3 is 25.7 Å². The molecule has 12 heteroatoms. The van der Waals surface area contributed by atoms with E-state index >= 15 is 0 Å². The number of esters is 3. The number of hydrogen-bond acceptors (Lipinski definition) is 10. The smallest absolute Gasteiger partial charge is 0.462 e. The van der Waals surface area contributed by atoms with Gasteiger partial charge in [0.2, 0.25) is 0 Å². The van der Waals surface area contributed by atoms with Crippen LogP contribution in [0, 0.1) is 0 Å². The summed E-state index contributed by atoms with van der Waals surface area (Å²) >= 11 is 0. The van der Waals surface area contributed by atoms with Gasteiger partial charge in [-0.15, -0.1) is 0 Å². The molecule has 0 aliphatic carbocycles. The Bertz CT molecular complexity index is 1040. The van der Waals surface area contributed by atoms with E-state index in [-0.39, 0.29) is 25.9 Å². The van der Waals surface area contributed by atoms with Crippen molar-refractivity contribution in [3.8, 4) is 0 Å². The lowest BCUT2D eigenvalue weighted by Gasteiger charge is -2.21. The molecule has 3 atom stereocenters. The molecule has 11 nitrogen and oxygen atoms in total. The SMILES string of the molecule is CCCC/C=C\CCCCCCCC(=O)OC(COC(=O)CCCCCCCCCCCCC)COP(=O)(O)OCC(CO)OC(=O)CCCCCCCCCCC. The van der Waals surface area contributed by atoms with Crippen LogP contribution in [0.2, 0.25) is 0 Å². The molecule has 0 aromatic heterocycles. The Morgan fingerprint density at radius 1 is 0.466 bits per heavy atom. The summed E-state index contributed by atoms with van der Waals surface area (Å²) in [5.41, 5.74) is 0. The Balaban J connectivity index is 4.75. The molecule has 0 saturated heterocycles. The monoisotopic (exact) mass is 847 g/mol. The molecule has 0 aromatic carbocycles. The molecule has 0 spiro atoms. The third kappa shape index (κ3) is 39.7. The number of hydrogen-bond donors (Lipinski definition) is 2. The van der Waals surface area contributed by atoms with E-state index < -0.39 is 57.8 Å². The summed E-state index contributed by atoms with van der Waals surface area (Å²) in [6.07, 6.45) is 34.9. The first-order valence-corrected chi connectivity index (χ1v) is 25.1. The lowest BCUT2D eigenvalue weighted by Crippen LogP contribution is -2.30. The molecular formula is C46H87O11P. The zero-order valence-electron chi connectivity index (χ0n) is 37.3. The molecule has 0 amide bonds. The van der Waals surface area contributed by atoms with Crippen LogP contribution in [-0.2, 0) is 42.2 Å². The molecule has 0 aliphatic heterocycles. The zero-order chi connectivity index (χ0) is 42.8. The minimum Gasteiger partial charge on any atom is -0.462 e. The van der Waals surface area contributed by atoms with Gasteiger partial charge in [-0.3, -0.25) is 23.4 Å². The van der Waals surface area contributed by atoms with Crippen LogP contribution in [0.25, 0.3) is 0 Å². The van der Waals surface area contributed by atoms with Crippen molar-refractivity contribution in [3.05, 3.63) is 12.2 Å². The summed E-state index contributed by atoms with van der Waals surface area (Å²) in [6, 6.07) is 0. The minimum atomic E-state index is -4.72. The van der Waals surface area contributed by atoms with Gasteiger partial charge < -0.3 is 24.2 Å². The normalized spacial score (nSPS) is 13.7. The van der Waals surface area contributed by atoms with E-state index in [2.05, 4.69) is 32.9 Å². The predicted octanol–water partition coefficient (Wildman–Crippen LogP) is 12.6. The standard InChI is InChI=1S/C46H87O11P/c1-4-7-10-13-16-19-21-24-26-29-32-35-44(48)53-39-43(57-46(50)37-34-31-28-25-22-20-17-14-11-8-5-2)41-55-58(51,52)54-40-42(38-47)56-45(49)36-33-30-27-23-18-15-12-9-6-3/h14,17,42-43,47H,4-13,15-16,18-41H2,1-3H3,(H,51,52)/b17-14-. The van der Waals surface area contributed by atoms with Gasteiger partial charge in [0.15, 0.2) is 6.10 Å². The van der Waals surface area contributed by atoms with E-state index in [0.717, 1.165) is 77.0 Å². The highest BCUT2D eigenvalue weighted by atomic mass is 31.2. The molecule has 0 aromatic rings. The average Bonchev–Trinajstić information content (AvgIpc) is 3.20. The molecule has 0 rings (SSSR count). The summed E-state index contributed by atoms with van der Waals surface area (Å²) in [7, 11) is -4.72. The van der Waals surface area contributed by atoms with E-state index in [1.165, 1.54) is 89.9 Å². The maximum atomic E-state index is 12.8. The molecule has 342 valence electrons. The molecule has 0 heterocycles. The summed E-state index contributed by atoms with van der Waals surface area (Å²) in [5, 5.41) is 9.70. The van der Waals surface area contributed by atoms with Gasteiger partial charge in [-0.2, -0.15) is 0 Å². The van der Waals surface area contributed by atoms with Gasteiger partial charge in [-0.05, 0) is 38.5 Å². The Morgan fingerprint density at radius 3 is 1.24 bits per heavy atom. The van der Waals surface area contributed by atoms with Crippen LogP contribution in [0.3, 0.4) is 0 Å². The van der Waals surface area contributed by atoms with Gasteiger partial charge in [0.25, 0.3) is 0 Å². The molecule has 0 fully saturated rings. The van der Waals surface area contributed by atoms with Crippen LogP contribution >= 0.6 is 7.82 Å². The second-order valence-corrected chi connectivity index (χ2v) is 17.4. The van der Waals surface area contributed by atoms with E-state index in [1.807, 2.05) is 0 Å². The number of phosphoric ester groups is 1. The number of rotatable bonds is 44. The number of aliphatic hydroxyl groups excluding tert-OH is 1. The van der Waals surface area contributed by atoms with Crippen LogP contribution in [-0.4, -0.2) is 66.5 Å².